The number of carbonyl (C=O) groups is 2. The Hall–Kier alpha value is -3.13. The molecule has 7 nitrogen and oxygen atoms in total. The number of nitrogens with zero attached hydrogens (tertiary/aromatic N) is 1. The summed E-state index contributed by atoms with van der Waals surface area (Å²) in [5.41, 5.74) is 1.45. The van der Waals surface area contributed by atoms with Gasteiger partial charge in [-0.1, -0.05) is 28.1 Å². The normalized spacial score (nSPS) is 11.5. The predicted octanol–water partition coefficient (Wildman–Crippen LogP) is 3.46. The van der Waals surface area contributed by atoms with E-state index in [4.69, 9.17) is 9.47 Å². The largest absolute Gasteiger partial charge is 0.464 e. The molecule has 0 fully saturated rings. The summed E-state index contributed by atoms with van der Waals surface area (Å²) in [4.78, 5) is 28.5. The molecule has 2 rings (SSSR count). The monoisotopic (exact) mass is 445 g/mol. The van der Waals surface area contributed by atoms with Gasteiger partial charge in [0, 0.05) is 28.8 Å². The van der Waals surface area contributed by atoms with Crippen molar-refractivity contribution in [2.75, 3.05) is 19.0 Å². The van der Waals surface area contributed by atoms with Crippen molar-refractivity contribution in [1.82, 2.24) is 10.3 Å². The fourth-order valence-corrected chi connectivity index (χ4v) is 2.52. The molecule has 0 spiro atoms. The fourth-order valence-electron chi connectivity index (χ4n) is 2.12. The Labute approximate surface area is 171 Å². The average molecular weight is 446 g/mol. The molecule has 0 aliphatic rings. The van der Waals surface area contributed by atoms with E-state index in [0.29, 0.717) is 5.69 Å². The van der Waals surface area contributed by atoms with Crippen LogP contribution in [-0.4, -0.2) is 30.6 Å². The number of benzene rings is 1. The van der Waals surface area contributed by atoms with Gasteiger partial charge in [0.05, 0.1) is 19.4 Å². The molecule has 2 N–H and O–H groups in total. The summed E-state index contributed by atoms with van der Waals surface area (Å²) in [7, 11) is 1.27. The lowest BCUT2D eigenvalue weighted by molar-refractivity contribution is -0.137. The van der Waals surface area contributed by atoms with Gasteiger partial charge in [0.2, 0.25) is 0 Å². The van der Waals surface area contributed by atoms with Gasteiger partial charge in [-0.3, -0.25) is 4.98 Å². The highest BCUT2D eigenvalue weighted by Gasteiger charge is 2.16. The molecule has 0 aliphatic carbocycles. The maximum Gasteiger partial charge on any atom is 0.355 e. The van der Waals surface area contributed by atoms with Crippen LogP contribution in [0.15, 0.2) is 71.2 Å². The van der Waals surface area contributed by atoms with Gasteiger partial charge in [-0.15, -0.1) is 0 Å². The third kappa shape index (κ3) is 6.24. The van der Waals surface area contributed by atoms with Crippen molar-refractivity contribution in [3.05, 3.63) is 76.9 Å². The van der Waals surface area contributed by atoms with E-state index in [1.807, 2.05) is 24.3 Å². The zero-order chi connectivity index (χ0) is 20.4. The third-order valence-electron chi connectivity index (χ3n) is 3.42. The van der Waals surface area contributed by atoms with Crippen LogP contribution in [0.3, 0.4) is 0 Å². The number of rotatable bonds is 8. The zero-order valence-electron chi connectivity index (χ0n) is 15.4. The maximum atomic E-state index is 12.3. The molecular weight excluding hydrogens is 426 g/mol. The molecular formula is C20H20BrN3O4. The molecule has 0 aliphatic heterocycles. The summed E-state index contributed by atoms with van der Waals surface area (Å²) in [6.07, 6.45) is 4.38. The molecule has 0 atom stereocenters. The molecule has 0 bridgehead atoms. The van der Waals surface area contributed by atoms with E-state index in [9.17, 15) is 9.59 Å². The van der Waals surface area contributed by atoms with Crippen LogP contribution >= 0.6 is 15.9 Å². The highest BCUT2D eigenvalue weighted by atomic mass is 79.9. The Morgan fingerprint density at radius 1 is 1.14 bits per heavy atom. The second-order valence-electron chi connectivity index (χ2n) is 5.34. The number of hydrogen-bond acceptors (Lipinski definition) is 7. The van der Waals surface area contributed by atoms with Crippen LogP contribution < -0.4 is 10.6 Å². The summed E-state index contributed by atoms with van der Waals surface area (Å²) in [6.45, 7) is 1.93. The number of halogens is 1. The number of methoxy groups -OCH3 is 1. The first-order valence-corrected chi connectivity index (χ1v) is 9.20. The minimum Gasteiger partial charge on any atom is -0.464 e. The Balaban J connectivity index is 2.28. The summed E-state index contributed by atoms with van der Waals surface area (Å²) < 4.78 is 10.8. The number of anilines is 1. The number of hydrogen-bond donors (Lipinski definition) is 2. The Kier molecular flexibility index (Phi) is 8.23. The van der Waals surface area contributed by atoms with Crippen LogP contribution in [0.1, 0.15) is 12.6 Å². The topological polar surface area (TPSA) is 89.6 Å². The molecule has 0 amide bonds. The molecule has 8 heteroatoms. The number of aromatic nitrogens is 1. The summed E-state index contributed by atoms with van der Waals surface area (Å²) >= 11 is 3.38. The van der Waals surface area contributed by atoms with E-state index in [2.05, 4.69) is 31.5 Å². The molecule has 1 heterocycles. The number of esters is 2. The average Bonchev–Trinajstić information content (AvgIpc) is 2.71. The molecule has 0 saturated carbocycles. The lowest BCUT2D eigenvalue weighted by Crippen LogP contribution is -2.20. The minimum absolute atomic E-state index is 0.0974. The predicted molar refractivity (Wildman–Crippen MR) is 110 cm³/mol. The van der Waals surface area contributed by atoms with Crippen molar-refractivity contribution in [3.63, 3.8) is 0 Å². The molecule has 2 aromatic rings. The summed E-state index contributed by atoms with van der Waals surface area (Å²) in [5, 5.41) is 5.80. The van der Waals surface area contributed by atoms with E-state index in [-0.39, 0.29) is 17.9 Å². The fraction of sp³-hybridized carbons (Fsp3) is 0.150. The maximum absolute atomic E-state index is 12.3. The van der Waals surface area contributed by atoms with Gasteiger partial charge in [0.15, 0.2) is 0 Å². The van der Waals surface area contributed by atoms with Gasteiger partial charge in [-0.25, -0.2) is 9.59 Å². The van der Waals surface area contributed by atoms with Crippen molar-refractivity contribution in [1.29, 1.82) is 0 Å². The quantitative estimate of drug-likeness (QED) is 0.474. The van der Waals surface area contributed by atoms with Crippen LogP contribution in [0.2, 0.25) is 0 Å². The van der Waals surface area contributed by atoms with Crippen LogP contribution in [0, 0.1) is 0 Å². The number of carbonyl (C=O) groups excluding carboxylic acids is 2. The molecule has 0 radical (unpaired) electrons. The number of nitrogens with one attached hydrogen (secondary N) is 2. The standard InChI is InChI=1S/C20H20BrN3O4/c1-3-28-19(25)16(17-9-4-5-10-22-17)12-24-18(20(26)27-2)13-23-15-8-6-7-14(21)11-15/h4-13,23-24H,3H2,1-2H3/b16-12+,18-13+. The van der Waals surface area contributed by atoms with Gasteiger partial charge >= 0.3 is 11.9 Å². The second-order valence-corrected chi connectivity index (χ2v) is 6.26. The lowest BCUT2D eigenvalue weighted by Gasteiger charge is -2.10. The zero-order valence-corrected chi connectivity index (χ0v) is 17.0. The molecule has 0 unspecified atom stereocenters. The van der Waals surface area contributed by atoms with Crippen LogP contribution in [0.25, 0.3) is 5.57 Å². The molecule has 146 valence electrons. The van der Waals surface area contributed by atoms with Gasteiger partial charge < -0.3 is 20.1 Å². The number of pyridine rings is 1. The highest BCUT2D eigenvalue weighted by Crippen LogP contribution is 2.16. The lowest BCUT2D eigenvalue weighted by atomic mass is 10.2. The second kappa shape index (κ2) is 10.9. The molecule has 28 heavy (non-hydrogen) atoms. The molecule has 1 aromatic carbocycles. The van der Waals surface area contributed by atoms with Crippen molar-refractivity contribution in [2.45, 2.75) is 6.92 Å². The van der Waals surface area contributed by atoms with E-state index < -0.39 is 11.9 Å². The number of ether oxygens (including phenoxy) is 2. The van der Waals surface area contributed by atoms with Crippen molar-refractivity contribution < 1.29 is 19.1 Å². The van der Waals surface area contributed by atoms with Gasteiger partial charge in [0.1, 0.15) is 11.3 Å². The first-order chi connectivity index (χ1) is 13.5. The SMILES string of the molecule is CCOC(=O)/C(=C/N/C(=C/Nc1cccc(Br)c1)C(=O)OC)c1ccccn1. The van der Waals surface area contributed by atoms with Crippen molar-refractivity contribution >= 4 is 39.1 Å². The minimum atomic E-state index is -0.608. The van der Waals surface area contributed by atoms with Gasteiger partial charge in [-0.05, 0) is 37.3 Å². The smallest absolute Gasteiger partial charge is 0.355 e. The van der Waals surface area contributed by atoms with E-state index >= 15 is 0 Å². The van der Waals surface area contributed by atoms with Gasteiger partial charge in [-0.2, -0.15) is 0 Å². The van der Waals surface area contributed by atoms with Crippen LogP contribution in [0.5, 0.6) is 0 Å². The summed E-state index contributed by atoms with van der Waals surface area (Å²) in [5.74, 6) is -1.17. The Morgan fingerprint density at radius 2 is 1.96 bits per heavy atom. The van der Waals surface area contributed by atoms with E-state index in [1.54, 1.807) is 31.3 Å². The van der Waals surface area contributed by atoms with Crippen molar-refractivity contribution in [3.8, 4) is 0 Å². The first kappa shape index (κ1) is 21.2. The van der Waals surface area contributed by atoms with Gasteiger partial charge in [0.25, 0.3) is 0 Å². The highest BCUT2D eigenvalue weighted by molar-refractivity contribution is 9.10. The molecule has 0 saturated heterocycles. The van der Waals surface area contributed by atoms with E-state index in [0.717, 1.165) is 10.2 Å². The van der Waals surface area contributed by atoms with Crippen molar-refractivity contribution in [2.24, 2.45) is 0 Å². The Morgan fingerprint density at radius 3 is 2.61 bits per heavy atom. The first-order valence-electron chi connectivity index (χ1n) is 8.41. The van der Waals surface area contributed by atoms with Crippen LogP contribution in [0.4, 0.5) is 5.69 Å². The third-order valence-corrected chi connectivity index (χ3v) is 3.91. The van der Waals surface area contributed by atoms with E-state index in [1.165, 1.54) is 19.5 Å². The molecule has 1 aromatic heterocycles. The summed E-state index contributed by atoms with van der Waals surface area (Å²) in [6, 6.07) is 12.6. The Bertz CT molecular complexity index is 882. The van der Waals surface area contributed by atoms with Crippen LogP contribution in [-0.2, 0) is 19.1 Å².